The molecule has 1 N–H and O–H groups in total. The van der Waals surface area contributed by atoms with Crippen molar-refractivity contribution in [2.45, 2.75) is 45.1 Å². The van der Waals surface area contributed by atoms with E-state index in [9.17, 15) is 9.59 Å². The summed E-state index contributed by atoms with van der Waals surface area (Å²) in [6, 6.07) is 0. The summed E-state index contributed by atoms with van der Waals surface area (Å²) in [5.41, 5.74) is -0.689. The standard InChI is InChI=1S/C14H27N3O2/c1-5-14(6-2)13(19)17(10-7-9-16(3)4)11-8-12(18)15-14/h5-11H2,1-4H3,(H,15,18). The molecule has 19 heavy (non-hydrogen) atoms. The maximum Gasteiger partial charge on any atom is 0.248 e. The van der Waals surface area contributed by atoms with Gasteiger partial charge >= 0.3 is 0 Å². The molecule has 5 heteroatoms. The normalized spacial score (nSPS) is 19.5. The molecule has 1 aliphatic heterocycles. The maximum atomic E-state index is 12.6. The van der Waals surface area contributed by atoms with E-state index >= 15 is 0 Å². The minimum atomic E-state index is -0.689. The van der Waals surface area contributed by atoms with E-state index in [1.54, 1.807) is 0 Å². The molecule has 0 spiro atoms. The minimum Gasteiger partial charge on any atom is -0.342 e. The summed E-state index contributed by atoms with van der Waals surface area (Å²) in [5.74, 6) is 0.0780. The van der Waals surface area contributed by atoms with Crippen LogP contribution in [0.2, 0.25) is 0 Å². The number of carbonyl (C=O) groups excluding carboxylic acids is 2. The Labute approximate surface area is 116 Å². The van der Waals surface area contributed by atoms with Crippen LogP contribution in [0.25, 0.3) is 0 Å². The highest BCUT2D eigenvalue weighted by Gasteiger charge is 2.41. The predicted molar refractivity (Wildman–Crippen MR) is 75.8 cm³/mol. The first-order valence-corrected chi connectivity index (χ1v) is 7.20. The van der Waals surface area contributed by atoms with Crippen molar-refractivity contribution in [3.63, 3.8) is 0 Å². The van der Waals surface area contributed by atoms with Crippen molar-refractivity contribution in [2.24, 2.45) is 0 Å². The van der Waals surface area contributed by atoms with E-state index in [2.05, 4.69) is 10.2 Å². The number of carbonyl (C=O) groups is 2. The van der Waals surface area contributed by atoms with Gasteiger partial charge in [-0.2, -0.15) is 0 Å². The molecule has 0 aromatic rings. The lowest BCUT2D eigenvalue weighted by atomic mass is 9.91. The van der Waals surface area contributed by atoms with E-state index in [1.807, 2.05) is 32.8 Å². The predicted octanol–water partition coefficient (Wildman–Crippen LogP) is 0.845. The second-order valence-electron chi connectivity index (χ2n) is 5.54. The number of hydrogen-bond donors (Lipinski definition) is 1. The monoisotopic (exact) mass is 269 g/mol. The molecule has 1 saturated heterocycles. The molecule has 0 radical (unpaired) electrons. The second-order valence-corrected chi connectivity index (χ2v) is 5.54. The van der Waals surface area contributed by atoms with Crippen molar-refractivity contribution < 1.29 is 9.59 Å². The molecule has 0 aromatic heterocycles. The zero-order valence-electron chi connectivity index (χ0n) is 12.7. The van der Waals surface area contributed by atoms with E-state index in [-0.39, 0.29) is 11.8 Å². The van der Waals surface area contributed by atoms with Crippen LogP contribution in [0.1, 0.15) is 39.5 Å². The first-order valence-electron chi connectivity index (χ1n) is 7.20. The molecular weight excluding hydrogens is 242 g/mol. The van der Waals surface area contributed by atoms with E-state index in [1.165, 1.54) is 0 Å². The van der Waals surface area contributed by atoms with Crippen molar-refractivity contribution in [3.8, 4) is 0 Å². The van der Waals surface area contributed by atoms with Crippen LogP contribution in [-0.2, 0) is 9.59 Å². The lowest BCUT2D eigenvalue weighted by Gasteiger charge is -2.33. The van der Waals surface area contributed by atoms with Crippen LogP contribution in [-0.4, -0.2) is 60.9 Å². The summed E-state index contributed by atoms with van der Waals surface area (Å²) in [4.78, 5) is 28.4. The Morgan fingerprint density at radius 3 is 2.42 bits per heavy atom. The van der Waals surface area contributed by atoms with Gasteiger partial charge in [0.25, 0.3) is 0 Å². The van der Waals surface area contributed by atoms with Gasteiger partial charge in [0.15, 0.2) is 0 Å². The Kier molecular flexibility index (Phi) is 5.79. The van der Waals surface area contributed by atoms with Gasteiger partial charge in [0.2, 0.25) is 11.8 Å². The zero-order chi connectivity index (χ0) is 14.5. The van der Waals surface area contributed by atoms with Gasteiger partial charge in [-0.05, 0) is 39.9 Å². The molecule has 0 saturated carbocycles. The Bertz CT molecular complexity index is 325. The van der Waals surface area contributed by atoms with Gasteiger partial charge in [0.1, 0.15) is 5.54 Å². The van der Waals surface area contributed by atoms with Gasteiger partial charge in [0, 0.05) is 19.5 Å². The third-order valence-electron chi connectivity index (χ3n) is 3.92. The Balaban J connectivity index is 2.75. The van der Waals surface area contributed by atoms with Crippen molar-refractivity contribution in [1.29, 1.82) is 0 Å². The number of nitrogens with one attached hydrogen (secondary N) is 1. The van der Waals surface area contributed by atoms with Crippen LogP contribution in [0.4, 0.5) is 0 Å². The van der Waals surface area contributed by atoms with Crippen LogP contribution in [0.5, 0.6) is 0 Å². The zero-order valence-corrected chi connectivity index (χ0v) is 12.7. The van der Waals surface area contributed by atoms with Crippen molar-refractivity contribution in [2.75, 3.05) is 33.7 Å². The van der Waals surface area contributed by atoms with Gasteiger partial charge in [-0.15, -0.1) is 0 Å². The highest BCUT2D eigenvalue weighted by Crippen LogP contribution is 2.22. The maximum absolute atomic E-state index is 12.6. The number of hydrogen-bond acceptors (Lipinski definition) is 3. The van der Waals surface area contributed by atoms with Gasteiger partial charge in [-0.3, -0.25) is 9.59 Å². The van der Waals surface area contributed by atoms with Crippen LogP contribution in [0, 0.1) is 0 Å². The summed E-state index contributed by atoms with van der Waals surface area (Å²) in [6.45, 7) is 6.15. The fourth-order valence-electron chi connectivity index (χ4n) is 2.54. The Hall–Kier alpha value is -1.10. The summed E-state index contributed by atoms with van der Waals surface area (Å²) < 4.78 is 0. The van der Waals surface area contributed by atoms with Crippen molar-refractivity contribution in [1.82, 2.24) is 15.1 Å². The van der Waals surface area contributed by atoms with Gasteiger partial charge < -0.3 is 15.1 Å². The molecule has 1 fully saturated rings. The molecule has 5 nitrogen and oxygen atoms in total. The summed E-state index contributed by atoms with van der Waals surface area (Å²) >= 11 is 0. The van der Waals surface area contributed by atoms with E-state index < -0.39 is 5.54 Å². The molecule has 110 valence electrons. The van der Waals surface area contributed by atoms with Gasteiger partial charge in [-0.1, -0.05) is 13.8 Å². The summed E-state index contributed by atoms with van der Waals surface area (Å²) in [6.07, 6.45) is 2.66. The number of amides is 2. The molecule has 1 heterocycles. The summed E-state index contributed by atoms with van der Waals surface area (Å²) in [7, 11) is 4.05. The molecule has 0 atom stereocenters. The fourth-order valence-corrected chi connectivity index (χ4v) is 2.54. The third-order valence-corrected chi connectivity index (χ3v) is 3.92. The number of nitrogens with zero attached hydrogens (tertiary/aromatic N) is 2. The lowest BCUT2D eigenvalue weighted by molar-refractivity contribution is -0.139. The molecule has 0 unspecified atom stereocenters. The Morgan fingerprint density at radius 2 is 1.89 bits per heavy atom. The molecule has 0 aliphatic carbocycles. The second kappa shape index (κ2) is 6.89. The molecule has 0 bridgehead atoms. The SMILES string of the molecule is CCC1(CC)NC(=O)CCN(CCCN(C)C)C1=O. The quantitative estimate of drug-likeness (QED) is 0.777. The largest absolute Gasteiger partial charge is 0.342 e. The first kappa shape index (κ1) is 16.0. The first-order chi connectivity index (χ1) is 8.95. The number of rotatable bonds is 6. The molecule has 1 rings (SSSR count). The summed E-state index contributed by atoms with van der Waals surface area (Å²) in [5, 5.41) is 2.93. The smallest absolute Gasteiger partial charge is 0.248 e. The van der Waals surface area contributed by atoms with Gasteiger partial charge in [-0.25, -0.2) is 0 Å². The molecular formula is C14H27N3O2. The van der Waals surface area contributed by atoms with Gasteiger partial charge in [0.05, 0.1) is 0 Å². The van der Waals surface area contributed by atoms with E-state index in [0.29, 0.717) is 25.8 Å². The topological polar surface area (TPSA) is 52.7 Å². The van der Waals surface area contributed by atoms with Crippen LogP contribution < -0.4 is 5.32 Å². The molecule has 2 amide bonds. The van der Waals surface area contributed by atoms with Crippen molar-refractivity contribution in [3.05, 3.63) is 0 Å². The van der Waals surface area contributed by atoms with Crippen LogP contribution in [0.3, 0.4) is 0 Å². The van der Waals surface area contributed by atoms with Crippen molar-refractivity contribution >= 4 is 11.8 Å². The minimum absolute atomic E-state index is 0.00726. The lowest BCUT2D eigenvalue weighted by Crippen LogP contribution is -2.56. The average Bonchev–Trinajstić information content (AvgIpc) is 2.49. The highest BCUT2D eigenvalue weighted by molar-refractivity contribution is 5.93. The Morgan fingerprint density at radius 1 is 1.26 bits per heavy atom. The molecule has 0 aromatic carbocycles. The third kappa shape index (κ3) is 3.93. The molecule has 1 aliphatic rings. The van der Waals surface area contributed by atoms with Crippen LogP contribution in [0.15, 0.2) is 0 Å². The highest BCUT2D eigenvalue weighted by atomic mass is 16.2. The van der Waals surface area contributed by atoms with E-state index in [4.69, 9.17) is 0 Å². The van der Waals surface area contributed by atoms with Crippen LogP contribution >= 0.6 is 0 Å². The van der Waals surface area contributed by atoms with E-state index in [0.717, 1.165) is 19.5 Å². The fraction of sp³-hybridized carbons (Fsp3) is 0.857. The average molecular weight is 269 g/mol.